The van der Waals surface area contributed by atoms with Gasteiger partial charge in [-0.05, 0) is 38.2 Å². The van der Waals surface area contributed by atoms with Crippen LogP contribution in [0.15, 0.2) is 11.8 Å². The fraction of sp³-hybridized carbons (Fsp3) is 0.786. The Morgan fingerprint density at radius 3 is 2.17 bits per heavy atom. The average Bonchev–Trinajstić information content (AvgIpc) is 2.20. The van der Waals surface area contributed by atoms with Gasteiger partial charge < -0.3 is 14.4 Å². The van der Waals surface area contributed by atoms with Gasteiger partial charge in [0.15, 0.2) is 0 Å². The minimum absolute atomic E-state index is 0.224. The summed E-state index contributed by atoms with van der Waals surface area (Å²) in [5, 5.41) is 0. The van der Waals surface area contributed by atoms with Crippen molar-refractivity contribution < 1.29 is 14.3 Å². The first-order valence-electron chi connectivity index (χ1n) is 6.45. The molecule has 0 bridgehead atoms. The van der Waals surface area contributed by atoms with E-state index in [-0.39, 0.29) is 6.09 Å². The van der Waals surface area contributed by atoms with Crippen LogP contribution in [0.25, 0.3) is 0 Å². The molecule has 4 nitrogen and oxygen atoms in total. The van der Waals surface area contributed by atoms with Gasteiger partial charge in [-0.2, -0.15) is 0 Å². The number of piperidine rings is 1. The number of hydrogen-bond donors (Lipinski definition) is 0. The summed E-state index contributed by atoms with van der Waals surface area (Å²) in [6.45, 7) is 11.3. The topological polar surface area (TPSA) is 38.8 Å². The fourth-order valence-electron chi connectivity index (χ4n) is 2.28. The monoisotopic (exact) mass is 255 g/mol. The Bertz CT molecular complexity index is 316. The van der Waals surface area contributed by atoms with Gasteiger partial charge in [-0.15, -0.1) is 0 Å². The van der Waals surface area contributed by atoms with Gasteiger partial charge in [-0.1, -0.05) is 13.8 Å². The Hall–Kier alpha value is -1.19. The van der Waals surface area contributed by atoms with Crippen LogP contribution in [0, 0.1) is 11.8 Å². The molecule has 1 saturated heterocycles. The van der Waals surface area contributed by atoms with Gasteiger partial charge in [0, 0.05) is 13.1 Å². The zero-order valence-corrected chi connectivity index (χ0v) is 12.3. The molecule has 1 amide bonds. The third kappa shape index (κ3) is 3.93. The third-order valence-corrected chi connectivity index (χ3v) is 3.03. The highest BCUT2D eigenvalue weighted by atomic mass is 16.6. The van der Waals surface area contributed by atoms with Crippen LogP contribution in [-0.2, 0) is 9.47 Å². The van der Waals surface area contributed by atoms with Gasteiger partial charge in [0.05, 0.1) is 13.4 Å². The van der Waals surface area contributed by atoms with E-state index in [1.807, 2.05) is 27.0 Å². The van der Waals surface area contributed by atoms with Gasteiger partial charge in [0.2, 0.25) is 0 Å². The van der Waals surface area contributed by atoms with Crippen LogP contribution in [-0.4, -0.2) is 36.8 Å². The summed E-state index contributed by atoms with van der Waals surface area (Å²) in [6.07, 6.45) is 1.58. The van der Waals surface area contributed by atoms with Crippen molar-refractivity contribution in [3.05, 3.63) is 11.8 Å². The lowest BCUT2D eigenvalue weighted by Gasteiger charge is -2.37. The smallest absolute Gasteiger partial charge is 0.410 e. The van der Waals surface area contributed by atoms with Crippen LogP contribution in [0.4, 0.5) is 4.79 Å². The highest BCUT2D eigenvalue weighted by Crippen LogP contribution is 2.28. The molecule has 0 spiro atoms. The summed E-state index contributed by atoms with van der Waals surface area (Å²) in [5.74, 6) is 0.613. The van der Waals surface area contributed by atoms with Crippen molar-refractivity contribution in [2.45, 2.75) is 40.2 Å². The van der Waals surface area contributed by atoms with Crippen LogP contribution in [0.5, 0.6) is 0 Å². The summed E-state index contributed by atoms with van der Waals surface area (Å²) in [6, 6.07) is 0. The van der Waals surface area contributed by atoms with E-state index in [0.29, 0.717) is 24.9 Å². The molecule has 0 aliphatic carbocycles. The molecule has 1 aliphatic heterocycles. The quantitative estimate of drug-likeness (QED) is 0.676. The Morgan fingerprint density at radius 1 is 1.28 bits per heavy atom. The summed E-state index contributed by atoms with van der Waals surface area (Å²) in [4.78, 5) is 13.8. The molecular weight excluding hydrogens is 230 g/mol. The fourth-order valence-corrected chi connectivity index (χ4v) is 2.28. The Balaban J connectivity index is 2.68. The van der Waals surface area contributed by atoms with Crippen molar-refractivity contribution in [1.82, 2.24) is 4.90 Å². The molecule has 0 aromatic rings. The third-order valence-electron chi connectivity index (χ3n) is 3.03. The number of amides is 1. The van der Waals surface area contributed by atoms with Crippen molar-refractivity contribution in [2.75, 3.05) is 20.2 Å². The number of hydrogen-bond acceptors (Lipinski definition) is 3. The second-order valence-electron chi connectivity index (χ2n) is 6.04. The Morgan fingerprint density at radius 2 is 1.78 bits per heavy atom. The highest BCUT2D eigenvalue weighted by Gasteiger charge is 2.32. The predicted molar refractivity (Wildman–Crippen MR) is 71.2 cm³/mol. The Kier molecular flexibility index (Phi) is 4.65. The van der Waals surface area contributed by atoms with Gasteiger partial charge >= 0.3 is 6.09 Å². The van der Waals surface area contributed by atoms with E-state index in [0.717, 1.165) is 0 Å². The van der Waals surface area contributed by atoms with E-state index in [1.165, 1.54) is 5.57 Å². The van der Waals surface area contributed by atoms with Crippen LogP contribution in [0.3, 0.4) is 0 Å². The van der Waals surface area contributed by atoms with E-state index in [2.05, 4.69) is 13.8 Å². The number of ether oxygens (including phenoxy) is 2. The number of methoxy groups -OCH3 is 1. The van der Waals surface area contributed by atoms with Gasteiger partial charge in [-0.25, -0.2) is 4.79 Å². The molecule has 0 aromatic carbocycles. The van der Waals surface area contributed by atoms with Crippen molar-refractivity contribution in [2.24, 2.45) is 11.8 Å². The summed E-state index contributed by atoms with van der Waals surface area (Å²) in [7, 11) is 1.66. The molecule has 0 saturated carbocycles. The molecule has 1 heterocycles. The second-order valence-corrected chi connectivity index (χ2v) is 6.04. The summed E-state index contributed by atoms with van der Waals surface area (Å²) >= 11 is 0. The number of likely N-dealkylation sites (tertiary alicyclic amines) is 1. The average molecular weight is 255 g/mol. The van der Waals surface area contributed by atoms with Crippen LogP contribution < -0.4 is 0 Å². The number of rotatable bonds is 1. The minimum Gasteiger partial charge on any atom is -0.504 e. The maximum absolute atomic E-state index is 12.0. The normalized spacial score (nSPS) is 24.8. The first-order valence-corrected chi connectivity index (χ1v) is 6.45. The van der Waals surface area contributed by atoms with Crippen LogP contribution >= 0.6 is 0 Å². The van der Waals surface area contributed by atoms with E-state index in [9.17, 15) is 4.79 Å². The van der Waals surface area contributed by atoms with Crippen molar-refractivity contribution in [3.63, 3.8) is 0 Å². The molecule has 0 aromatic heterocycles. The lowest BCUT2D eigenvalue weighted by Crippen LogP contribution is -2.46. The van der Waals surface area contributed by atoms with Crippen molar-refractivity contribution in [3.8, 4) is 0 Å². The lowest BCUT2D eigenvalue weighted by molar-refractivity contribution is 0.0171. The predicted octanol–water partition coefficient (Wildman–Crippen LogP) is 3.04. The molecule has 0 radical (unpaired) electrons. The van der Waals surface area contributed by atoms with E-state index in [4.69, 9.17) is 9.47 Å². The second kappa shape index (κ2) is 5.63. The molecule has 18 heavy (non-hydrogen) atoms. The largest absolute Gasteiger partial charge is 0.504 e. The first kappa shape index (κ1) is 14.9. The van der Waals surface area contributed by atoms with Crippen molar-refractivity contribution >= 4 is 6.09 Å². The van der Waals surface area contributed by atoms with Crippen LogP contribution in [0.1, 0.15) is 34.6 Å². The minimum atomic E-state index is -0.438. The lowest BCUT2D eigenvalue weighted by atomic mass is 9.86. The zero-order valence-electron chi connectivity index (χ0n) is 12.3. The molecule has 2 unspecified atom stereocenters. The van der Waals surface area contributed by atoms with Crippen LogP contribution in [0.2, 0.25) is 0 Å². The van der Waals surface area contributed by atoms with Crippen molar-refractivity contribution in [1.29, 1.82) is 0 Å². The molecule has 0 N–H and O–H groups in total. The maximum Gasteiger partial charge on any atom is 0.410 e. The molecular formula is C14H25NO3. The molecule has 1 fully saturated rings. The molecule has 2 atom stereocenters. The molecule has 1 aliphatic rings. The van der Waals surface area contributed by atoms with E-state index < -0.39 is 5.60 Å². The SMILES string of the molecule is COC=C1C(C)CN(C(=O)OC(C)(C)C)CC1C. The highest BCUT2D eigenvalue weighted by molar-refractivity contribution is 5.68. The molecule has 1 rings (SSSR count). The summed E-state index contributed by atoms with van der Waals surface area (Å²) in [5.41, 5.74) is 0.823. The maximum atomic E-state index is 12.0. The van der Waals surface area contributed by atoms with E-state index >= 15 is 0 Å². The van der Waals surface area contributed by atoms with E-state index in [1.54, 1.807) is 12.0 Å². The van der Waals surface area contributed by atoms with Gasteiger partial charge in [0.25, 0.3) is 0 Å². The molecule has 4 heteroatoms. The summed E-state index contributed by atoms with van der Waals surface area (Å²) < 4.78 is 10.5. The Labute approximate surface area is 110 Å². The zero-order chi connectivity index (χ0) is 13.9. The first-order chi connectivity index (χ1) is 8.24. The number of carbonyl (C=O) groups is 1. The van der Waals surface area contributed by atoms with Gasteiger partial charge in [-0.3, -0.25) is 0 Å². The van der Waals surface area contributed by atoms with Gasteiger partial charge in [0.1, 0.15) is 5.60 Å². The molecule has 104 valence electrons. The number of nitrogens with zero attached hydrogens (tertiary/aromatic N) is 1. The standard InChI is InChI=1S/C14H25NO3/c1-10-7-15(13(16)18-14(3,4)5)8-11(2)12(10)9-17-6/h9-11H,7-8H2,1-6H3. The number of carbonyl (C=O) groups excluding carboxylic acids is 1.